The molecule has 1 aromatic heterocycles. The van der Waals surface area contributed by atoms with E-state index in [9.17, 15) is 0 Å². The number of nitrogens with zero attached hydrogens (tertiary/aromatic N) is 2. The van der Waals surface area contributed by atoms with Gasteiger partial charge in [0.2, 0.25) is 0 Å². The molecule has 0 saturated carbocycles. The van der Waals surface area contributed by atoms with E-state index < -0.39 is 0 Å². The lowest BCUT2D eigenvalue weighted by atomic mass is 10.0. The van der Waals surface area contributed by atoms with Crippen LogP contribution in [0.5, 0.6) is 0 Å². The fraction of sp³-hybridized carbons (Fsp3) is 0.333. The number of halogens is 2. The van der Waals surface area contributed by atoms with E-state index >= 15 is 0 Å². The molecule has 0 amide bonds. The zero-order chi connectivity index (χ0) is 15.4. The van der Waals surface area contributed by atoms with Gasteiger partial charge in [-0.05, 0) is 31.0 Å². The first-order valence-electron chi connectivity index (χ1n) is 6.83. The molecule has 0 saturated heterocycles. The van der Waals surface area contributed by atoms with Crippen LogP contribution in [0.25, 0.3) is 0 Å². The van der Waals surface area contributed by atoms with Crippen LogP contribution >= 0.6 is 27.5 Å². The van der Waals surface area contributed by atoms with Gasteiger partial charge < -0.3 is 10.6 Å². The molecule has 6 heteroatoms. The summed E-state index contributed by atoms with van der Waals surface area (Å²) in [6.45, 7) is 7.10. The van der Waals surface area contributed by atoms with Crippen LogP contribution in [-0.4, -0.2) is 16.5 Å². The molecule has 0 radical (unpaired) electrons. The summed E-state index contributed by atoms with van der Waals surface area (Å²) in [6.07, 6.45) is 1.55. The standard InChI is InChI=1S/C15H18BrClN4/c1-4-18-14-13(9(2)3)15(20-8-19-14)21-12-7-10(16)5-6-11(12)17/h5-9H,4H2,1-3H3,(H2,18,19,20,21). The predicted octanol–water partition coefficient (Wildman–Crippen LogP) is 5.19. The maximum atomic E-state index is 6.24. The minimum absolute atomic E-state index is 0.286. The van der Waals surface area contributed by atoms with Crippen LogP contribution in [0.1, 0.15) is 32.3 Å². The number of hydrogen-bond donors (Lipinski definition) is 2. The van der Waals surface area contributed by atoms with Gasteiger partial charge in [0.1, 0.15) is 18.0 Å². The average Bonchev–Trinajstić information content (AvgIpc) is 2.43. The van der Waals surface area contributed by atoms with E-state index in [4.69, 9.17) is 11.6 Å². The van der Waals surface area contributed by atoms with Gasteiger partial charge in [0.25, 0.3) is 0 Å². The molecule has 0 atom stereocenters. The van der Waals surface area contributed by atoms with Crippen LogP contribution in [0.2, 0.25) is 5.02 Å². The summed E-state index contributed by atoms with van der Waals surface area (Å²) in [6, 6.07) is 5.68. The van der Waals surface area contributed by atoms with E-state index in [-0.39, 0.29) is 5.92 Å². The Bertz CT molecular complexity index is 631. The summed E-state index contributed by atoms with van der Waals surface area (Å²) in [4.78, 5) is 8.70. The lowest BCUT2D eigenvalue weighted by Crippen LogP contribution is -2.09. The molecule has 0 fully saturated rings. The van der Waals surface area contributed by atoms with Crippen LogP contribution < -0.4 is 10.6 Å². The zero-order valence-electron chi connectivity index (χ0n) is 12.2. The Morgan fingerprint density at radius 2 is 1.95 bits per heavy atom. The van der Waals surface area contributed by atoms with Crippen molar-refractivity contribution in [3.8, 4) is 0 Å². The molecule has 21 heavy (non-hydrogen) atoms. The van der Waals surface area contributed by atoms with Crippen molar-refractivity contribution in [1.82, 2.24) is 9.97 Å². The Morgan fingerprint density at radius 1 is 1.24 bits per heavy atom. The number of nitrogens with one attached hydrogen (secondary N) is 2. The summed E-state index contributed by atoms with van der Waals surface area (Å²) >= 11 is 9.69. The van der Waals surface area contributed by atoms with Crippen LogP contribution in [0.4, 0.5) is 17.3 Å². The highest BCUT2D eigenvalue weighted by molar-refractivity contribution is 9.10. The van der Waals surface area contributed by atoms with Crippen molar-refractivity contribution in [1.29, 1.82) is 0 Å². The summed E-state index contributed by atoms with van der Waals surface area (Å²) in [5.41, 5.74) is 1.87. The second-order valence-corrected chi connectivity index (χ2v) is 6.24. The molecule has 2 aromatic rings. The molecule has 0 bridgehead atoms. The van der Waals surface area contributed by atoms with Gasteiger partial charge in [-0.25, -0.2) is 9.97 Å². The Kier molecular flexibility index (Phi) is 5.42. The van der Waals surface area contributed by atoms with Gasteiger partial charge >= 0.3 is 0 Å². The van der Waals surface area contributed by atoms with Crippen molar-refractivity contribution in [3.05, 3.63) is 39.6 Å². The topological polar surface area (TPSA) is 49.8 Å². The molecule has 1 aromatic carbocycles. The number of rotatable bonds is 5. The van der Waals surface area contributed by atoms with E-state index in [1.54, 1.807) is 6.33 Å². The van der Waals surface area contributed by atoms with Gasteiger partial charge in [-0.1, -0.05) is 41.4 Å². The van der Waals surface area contributed by atoms with Gasteiger partial charge in [0.05, 0.1) is 10.7 Å². The van der Waals surface area contributed by atoms with Crippen molar-refractivity contribution < 1.29 is 0 Å². The summed E-state index contributed by atoms with van der Waals surface area (Å²) in [7, 11) is 0. The Hall–Kier alpha value is -1.33. The zero-order valence-corrected chi connectivity index (χ0v) is 14.6. The summed E-state index contributed by atoms with van der Waals surface area (Å²) in [5.74, 6) is 1.92. The number of benzene rings is 1. The van der Waals surface area contributed by atoms with E-state index in [2.05, 4.69) is 50.4 Å². The Morgan fingerprint density at radius 3 is 2.62 bits per heavy atom. The molecule has 0 spiro atoms. The molecule has 1 heterocycles. The fourth-order valence-corrected chi connectivity index (χ4v) is 2.60. The molecule has 0 aliphatic carbocycles. The molecule has 112 valence electrons. The lowest BCUT2D eigenvalue weighted by molar-refractivity contribution is 0.849. The van der Waals surface area contributed by atoms with Crippen LogP contribution in [0.15, 0.2) is 29.0 Å². The third kappa shape index (κ3) is 3.86. The van der Waals surface area contributed by atoms with Gasteiger partial charge in [-0.3, -0.25) is 0 Å². The highest BCUT2D eigenvalue weighted by atomic mass is 79.9. The minimum Gasteiger partial charge on any atom is -0.370 e. The number of aromatic nitrogens is 2. The summed E-state index contributed by atoms with van der Waals surface area (Å²) < 4.78 is 0.960. The van der Waals surface area contributed by atoms with Crippen LogP contribution in [0.3, 0.4) is 0 Å². The molecule has 0 aliphatic heterocycles. The molecule has 0 aliphatic rings. The summed E-state index contributed by atoms with van der Waals surface area (Å²) in [5, 5.41) is 7.23. The van der Waals surface area contributed by atoms with Gasteiger partial charge in [-0.15, -0.1) is 0 Å². The smallest absolute Gasteiger partial charge is 0.139 e. The number of anilines is 3. The van der Waals surface area contributed by atoms with E-state index in [1.807, 2.05) is 25.1 Å². The fourth-order valence-electron chi connectivity index (χ4n) is 2.07. The van der Waals surface area contributed by atoms with Crippen LogP contribution in [0, 0.1) is 0 Å². The van der Waals surface area contributed by atoms with Crippen molar-refractivity contribution in [2.75, 3.05) is 17.2 Å². The first-order chi connectivity index (χ1) is 10.0. The predicted molar refractivity (Wildman–Crippen MR) is 92.7 cm³/mol. The molecule has 2 N–H and O–H groups in total. The average molecular weight is 370 g/mol. The maximum absolute atomic E-state index is 6.24. The van der Waals surface area contributed by atoms with Gasteiger partial charge in [-0.2, -0.15) is 0 Å². The monoisotopic (exact) mass is 368 g/mol. The van der Waals surface area contributed by atoms with Crippen molar-refractivity contribution >= 4 is 44.9 Å². The second kappa shape index (κ2) is 7.09. The van der Waals surface area contributed by atoms with Crippen LogP contribution in [-0.2, 0) is 0 Å². The van der Waals surface area contributed by atoms with Crippen molar-refractivity contribution in [2.45, 2.75) is 26.7 Å². The molecular weight excluding hydrogens is 352 g/mol. The highest BCUT2D eigenvalue weighted by Gasteiger charge is 2.15. The molecule has 2 rings (SSSR count). The van der Waals surface area contributed by atoms with Gasteiger partial charge in [0, 0.05) is 16.6 Å². The Labute approximate surface area is 138 Å². The molecule has 4 nitrogen and oxygen atoms in total. The van der Waals surface area contributed by atoms with E-state index in [0.717, 1.165) is 33.9 Å². The number of hydrogen-bond acceptors (Lipinski definition) is 4. The Balaban J connectivity index is 2.43. The normalized spacial score (nSPS) is 10.8. The third-order valence-electron chi connectivity index (χ3n) is 2.99. The van der Waals surface area contributed by atoms with E-state index in [1.165, 1.54) is 0 Å². The van der Waals surface area contributed by atoms with E-state index in [0.29, 0.717) is 5.02 Å². The highest BCUT2D eigenvalue weighted by Crippen LogP contribution is 2.33. The second-order valence-electron chi connectivity index (χ2n) is 4.92. The molecular formula is C15H18BrClN4. The van der Waals surface area contributed by atoms with Crippen molar-refractivity contribution in [2.24, 2.45) is 0 Å². The first-order valence-corrected chi connectivity index (χ1v) is 8.00. The minimum atomic E-state index is 0.286. The quantitative estimate of drug-likeness (QED) is 0.761. The lowest BCUT2D eigenvalue weighted by Gasteiger charge is -2.18. The maximum Gasteiger partial charge on any atom is 0.139 e. The SMILES string of the molecule is CCNc1ncnc(Nc2cc(Br)ccc2Cl)c1C(C)C. The van der Waals surface area contributed by atoms with Gasteiger partial charge in [0.15, 0.2) is 0 Å². The third-order valence-corrected chi connectivity index (χ3v) is 3.81. The van der Waals surface area contributed by atoms with Crippen molar-refractivity contribution in [3.63, 3.8) is 0 Å². The molecule has 0 unspecified atom stereocenters. The first kappa shape index (κ1) is 16.0. The largest absolute Gasteiger partial charge is 0.370 e.